The van der Waals surface area contributed by atoms with Gasteiger partial charge in [0.15, 0.2) is 0 Å². The lowest BCUT2D eigenvalue weighted by molar-refractivity contribution is -0.125. The molecular formula is C23H23ClN4O3. The van der Waals surface area contributed by atoms with Crippen molar-refractivity contribution in [3.63, 3.8) is 0 Å². The molecule has 0 aliphatic carbocycles. The van der Waals surface area contributed by atoms with E-state index < -0.39 is 6.10 Å². The summed E-state index contributed by atoms with van der Waals surface area (Å²) in [5, 5.41) is 12.3. The van der Waals surface area contributed by atoms with E-state index in [-0.39, 0.29) is 5.91 Å². The van der Waals surface area contributed by atoms with Crippen LogP contribution in [0.4, 0.5) is 5.69 Å². The molecule has 0 spiro atoms. The Morgan fingerprint density at radius 2 is 1.97 bits per heavy atom. The van der Waals surface area contributed by atoms with Gasteiger partial charge in [0.05, 0.1) is 36.4 Å². The first-order valence-electron chi connectivity index (χ1n) is 9.91. The summed E-state index contributed by atoms with van der Waals surface area (Å²) in [5.74, 6) is 0.507. The molecule has 1 aliphatic heterocycles. The van der Waals surface area contributed by atoms with Gasteiger partial charge >= 0.3 is 0 Å². The third-order valence-electron chi connectivity index (χ3n) is 5.29. The van der Waals surface area contributed by atoms with Crippen LogP contribution in [-0.4, -0.2) is 34.6 Å². The summed E-state index contributed by atoms with van der Waals surface area (Å²) in [5.41, 5.74) is 4.84. The number of amides is 1. The first-order valence-corrected chi connectivity index (χ1v) is 10.3. The van der Waals surface area contributed by atoms with Crippen LogP contribution in [0.1, 0.15) is 28.9 Å². The van der Waals surface area contributed by atoms with Crippen molar-refractivity contribution in [2.24, 2.45) is 5.16 Å². The van der Waals surface area contributed by atoms with Gasteiger partial charge in [0, 0.05) is 11.4 Å². The number of ether oxygens (including phenoxy) is 1. The second-order valence-corrected chi connectivity index (χ2v) is 7.76. The number of oxime groups is 1. The van der Waals surface area contributed by atoms with Crippen molar-refractivity contribution in [3.8, 4) is 5.75 Å². The van der Waals surface area contributed by atoms with Gasteiger partial charge in [-0.05, 0) is 55.3 Å². The van der Waals surface area contributed by atoms with Crippen LogP contribution in [0.3, 0.4) is 0 Å². The predicted octanol–water partition coefficient (Wildman–Crippen LogP) is 4.34. The molecule has 0 fully saturated rings. The fourth-order valence-electron chi connectivity index (χ4n) is 3.50. The fraction of sp³-hybridized carbons (Fsp3) is 0.261. The molecule has 8 heteroatoms. The molecule has 1 aromatic heterocycles. The number of methoxy groups -OCH3 is 1. The first kappa shape index (κ1) is 20.9. The highest BCUT2D eigenvalue weighted by Crippen LogP contribution is 2.25. The van der Waals surface area contributed by atoms with Gasteiger partial charge in [0.2, 0.25) is 6.10 Å². The van der Waals surface area contributed by atoms with Crippen LogP contribution in [0, 0.1) is 13.8 Å². The van der Waals surface area contributed by atoms with E-state index in [9.17, 15) is 4.79 Å². The normalized spacial score (nSPS) is 15.4. The summed E-state index contributed by atoms with van der Waals surface area (Å²) in [7, 11) is 1.62. The second kappa shape index (κ2) is 8.81. The topological polar surface area (TPSA) is 77.7 Å². The summed E-state index contributed by atoms with van der Waals surface area (Å²) in [4.78, 5) is 18.2. The third kappa shape index (κ3) is 4.41. The minimum absolute atomic E-state index is 0.254. The molecule has 1 unspecified atom stereocenters. The number of rotatable bonds is 6. The Kier molecular flexibility index (Phi) is 5.95. The molecule has 4 rings (SSSR count). The first-order chi connectivity index (χ1) is 15.0. The third-order valence-corrected chi connectivity index (χ3v) is 5.66. The molecule has 1 N–H and O–H groups in total. The zero-order chi connectivity index (χ0) is 22.0. The van der Waals surface area contributed by atoms with Gasteiger partial charge in [0.25, 0.3) is 5.91 Å². The van der Waals surface area contributed by atoms with Crippen molar-refractivity contribution >= 4 is 28.9 Å². The van der Waals surface area contributed by atoms with Gasteiger partial charge in [-0.3, -0.25) is 9.48 Å². The zero-order valence-electron chi connectivity index (χ0n) is 17.6. The Labute approximate surface area is 185 Å². The van der Waals surface area contributed by atoms with E-state index in [0.29, 0.717) is 23.7 Å². The second-order valence-electron chi connectivity index (χ2n) is 7.35. The number of carbonyl (C=O) groups excluding carboxylic acids is 1. The predicted molar refractivity (Wildman–Crippen MR) is 120 cm³/mol. The number of carbonyl (C=O) groups is 1. The molecule has 1 amide bonds. The lowest BCUT2D eigenvalue weighted by Gasteiger charge is -2.11. The molecule has 0 bridgehead atoms. The summed E-state index contributed by atoms with van der Waals surface area (Å²) in [6.07, 6.45) is -0.299. The maximum Gasteiger partial charge on any atom is 0.268 e. The van der Waals surface area contributed by atoms with E-state index in [1.54, 1.807) is 7.11 Å². The molecule has 1 atom stereocenters. The van der Waals surface area contributed by atoms with Crippen LogP contribution in [0.15, 0.2) is 53.7 Å². The Hall–Kier alpha value is -3.32. The van der Waals surface area contributed by atoms with Gasteiger partial charge in [0.1, 0.15) is 5.75 Å². The molecule has 2 heterocycles. The number of anilines is 1. The highest BCUT2D eigenvalue weighted by Gasteiger charge is 2.30. The Morgan fingerprint density at radius 1 is 1.23 bits per heavy atom. The molecule has 0 saturated heterocycles. The van der Waals surface area contributed by atoms with Crippen molar-refractivity contribution in [2.45, 2.75) is 32.9 Å². The number of hydrogen-bond acceptors (Lipinski definition) is 5. The lowest BCUT2D eigenvalue weighted by atomic mass is 10.0. The summed E-state index contributed by atoms with van der Waals surface area (Å²) >= 11 is 6.28. The number of hydrogen-bond donors (Lipinski definition) is 1. The Morgan fingerprint density at radius 3 is 2.68 bits per heavy atom. The average molecular weight is 439 g/mol. The molecule has 2 aromatic carbocycles. The van der Waals surface area contributed by atoms with Gasteiger partial charge in [-0.1, -0.05) is 35.0 Å². The van der Waals surface area contributed by atoms with Gasteiger partial charge in [-0.15, -0.1) is 0 Å². The maximum atomic E-state index is 12.8. The molecule has 0 radical (unpaired) electrons. The number of aryl methyl sites for hydroxylation is 1. The number of halogens is 1. The van der Waals surface area contributed by atoms with Gasteiger partial charge in [-0.2, -0.15) is 5.10 Å². The minimum Gasteiger partial charge on any atom is -0.497 e. The minimum atomic E-state index is -0.692. The van der Waals surface area contributed by atoms with Gasteiger partial charge < -0.3 is 14.9 Å². The van der Waals surface area contributed by atoms with E-state index in [1.165, 1.54) is 0 Å². The van der Waals surface area contributed by atoms with Crippen LogP contribution in [0.5, 0.6) is 5.75 Å². The SMILES string of the molecule is COc1ccc(C2=NOC(C(=O)Nc3c(C)nn(Cc4ccccc4Cl)c3C)C2)cc1. The number of benzene rings is 2. The molecule has 3 aromatic rings. The quantitative estimate of drug-likeness (QED) is 0.621. The molecule has 1 aliphatic rings. The molecular weight excluding hydrogens is 416 g/mol. The van der Waals surface area contributed by atoms with Crippen molar-refractivity contribution in [1.82, 2.24) is 9.78 Å². The van der Waals surface area contributed by atoms with Crippen molar-refractivity contribution < 1.29 is 14.4 Å². The monoisotopic (exact) mass is 438 g/mol. The fourth-order valence-corrected chi connectivity index (χ4v) is 3.69. The summed E-state index contributed by atoms with van der Waals surface area (Å²) in [6, 6.07) is 15.1. The molecule has 7 nitrogen and oxygen atoms in total. The average Bonchev–Trinajstić information content (AvgIpc) is 3.37. The van der Waals surface area contributed by atoms with Crippen molar-refractivity contribution in [3.05, 3.63) is 76.1 Å². The number of aromatic nitrogens is 2. The smallest absolute Gasteiger partial charge is 0.268 e. The summed E-state index contributed by atoms with van der Waals surface area (Å²) in [6.45, 7) is 4.30. The highest BCUT2D eigenvalue weighted by atomic mass is 35.5. The van der Waals surface area contributed by atoms with E-state index in [4.69, 9.17) is 21.2 Å². The van der Waals surface area contributed by atoms with E-state index >= 15 is 0 Å². The van der Waals surface area contributed by atoms with Crippen LogP contribution in [0.25, 0.3) is 0 Å². The van der Waals surface area contributed by atoms with Gasteiger partial charge in [-0.25, -0.2) is 0 Å². The van der Waals surface area contributed by atoms with Crippen LogP contribution < -0.4 is 10.1 Å². The Bertz CT molecular complexity index is 1140. The van der Waals surface area contributed by atoms with E-state index in [1.807, 2.05) is 67.1 Å². The van der Waals surface area contributed by atoms with Crippen LogP contribution >= 0.6 is 11.6 Å². The van der Waals surface area contributed by atoms with Crippen LogP contribution in [-0.2, 0) is 16.2 Å². The number of nitrogens with zero attached hydrogens (tertiary/aromatic N) is 3. The molecule has 0 saturated carbocycles. The van der Waals surface area contributed by atoms with Crippen molar-refractivity contribution in [1.29, 1.82) is 0 Å². The van der Waals surface area contributed by atoms with E-state index in [2.05, 4.69) is 15.6 Å². The van der Waals surface area contributed by atoms with Crippen LogP contribution in [0.2, 0.25) is 5.02 Å². The van der Waals surface area contributed by atoms with E-state index in [0.717, 1.165) is 34.0 Å². The standard InChI is InChI=1S/C23H23ClN4O3/c1-14-22(15(2)28(26-14)13-17-6-4-5-7-19(17)24)25-23(29)21-12-20(27-31-21)16-8-10-18(30-3)11-9-16/h4-11,21H,12-13H2,1-3H3,(H,25,29). The molecule has 31 heavy (non-hydrogen) atoms. The number of nitrogens with one attached hydrogen (secondary N) is 1. The zero-order valence-corrected chi connectivity index (χ0v) is 18.3. The Balaban J connectivity index is 1.43. The lowest BCUT2D eigenvalue weighted by Crippen LogP contribution is -2.28. The highest BCUT2D eigenvalue weighted by molar-refractivity contribution is 6.31. The molecule has 160 valence electrons. The largest absolute Gasteiger partial charge is 0.497 e. The maximum absolute atomic E-state index is 12.8. The van der Waals surface area contributed by atoms with Crippen molar-refractivity contribution in [2.75, 3.05) is 12.4 Å². The summed E-state index contributed by atoms with van der Waals surface area (Å²) < 4.78 is 7.01.